The summed E-state index contributed by atoms with van der Waals surface area (Å²) < 4.78 is 5.64. The molecule has 1 N–H and O–H groups in total. The van der Waals surface area contributed by atoms with Crippen LogP contribution in [0.25, 0.3) is 0 Å². The van der Waals surface area contributed by atoms with Crippen LogP contribution in [-0.4, -0.2) is 43.3 Å². The highest BCUT2D eigenvalue weighted by molar-refractivity contribution is 5.83. The molecule has 1 amide bonds. The van der Waals surface area contributed by atoms with E-state index >= 15 is 0 Å². The number of nitrogens with one attached hydrogen (secondary N) is 1. The third-order valence-electron chi connectivity index (χ3n) is 4.83. The van der Waals surface area contributed by atoms with E-state index in [2.05, 4.69) is 37.6 Å². The third kappa shape index (κ3) is 2.91. The van der Waals surface area contributed by atoms with Gasteiger partial charge in [-0.2, -0.15) is 0 Å². The number of amides is 1. The molecule has 2 fully saturated rings. The van der Waals surface area contributed by atoms with Gasteiger partial charge in [-0.25, -0.2) is 0 Å². The fourth-order valence-corrected chi connectivity index (χ4v) is 3.55. The molecule has 2 unspecified atom stereocenters. The van der Waals surface area contributed by atoms with Crippen molar-refractivity contribution in [2.75, 3.05) is 26.4 Å². The maximum atomic E-state index is 12.4. The number of carbonyl (C=O) groups is 1. The normalized spacial score (nSPS) is 30.9. The van der Waals surface area contributed by atoms with Gasteiger partial charge in [0.2, 0.25) is 5.91 Å². The molecule has 2 aliphatic rings. The van der Waals surface area contributed by atoms with E-state index in [1.165, 1.54) is 0 Å². The quantitative estimate of drug-likeness (QED) is 0.546. The Morgan fingerprint density at radius 2 is 2.30 bits per heavy atom. The molecule has 4 heteroatoms. The van der Waals surface area contributed by atoms with Gasteiger partial charge in [-0.3, -0.25) is 9.69 Å². The highest BCUT2D eigenvalue weighted by Crippen LogP contribution is 2.64. The fourth-order valence-electron chi connectivity index (χ4n) is 3.55. The van der Waals surface area contributed by atoms with Crippen molar-refractivity contribution >= 4 is 5.91 Å². The van der Waals surface area contributed by atoms with E-state index in [9.17, 15) is 4.79 Å². The molecule has 0 radical (unpaired) electrons. The average molecular weight is 280 g/mol. The number of hydrogen-bond donors (Lipinski definition) is 1. The van der Waals surface area contributed by atoms with Crippen molar-refractivity contribution in [3.8, 4) is 0 Å². The van der Waals surface area contributed by atoms with E-state index in [1.807, 2.05) is 6.08 Å². The van der Waals surface area contributed by atoms with Gasteiger partial charge in [-0.1, -0.05) is 26.8 Å². The molecule has 4 nitrogen and oxygen atoms in total. The number of fused-ring (bicyclic) bond motifs is 1. The predicted molar refractivity (Wildman–Crippen MR) is 80.2 cm³/mol. The lowest BCUT2D eigenvalue weighted by atomic mass is 10.0. The Hall–Kier alpha value is -0.870. The minimum absolute atomic E-state index is 0.0170. The molecule has 2 rings (SSSR count). The number of piperidine rings is 1. The van der Waals surface area contributed by atoms with E-state index < -0.39 is 0 Å². The van der Waals surface area contributed by atoms with Gasteiger partial charge >= 0.3 is 0 Å². The maximum absolute atomic E-state index is 12.4. The molecular weight excluding hydrogens is 252 g/mol. The fraction of sp³-hybridized carbons (Fsp3) is 0.812. The number of likely N-dealkylation sites (tertiary alicyclic amines) is 1. The average Bonchev–Trinajstić information content (AvgIpc) is 2.76. The van der Waals surface area contributed by atoms with E-state index in [4.69, 9.17) is 4.74 Å². The summed E-state index contributed by atoms with van der Waals surface area (Å²) in [7, 11) is 0. The molecule has 1 heterocycles. The van der Waals surface area contributed by atoms with E-state index in [-0.39, 0.29) is 11.9 Å². The van der Waals surface area contributed by atoms with Gasteiger partial charge in [0.15, 0.2) is 0 Å². The molecule has 1 aliphatic carbocycles. The highest BCUT2D eigenvalue weighted by Gasteiger charge is 2.68. The molecule has 0 aromatic heterocycles. The third-order valence-corrected chi connectivity index (χ3v) is 4.83. The van der Waals surface area contributed by atoms with Crippen LogP contribution in [0.1, 0.15) is 33.6 Å². The second-order valence-corrected chi connectivity index (χ2v) is 6.58. The molecule has 1 saturated carbocycles. The SMILES string of the molecule is C=CCCNC(=O)[C@@H]1C2C(CN1COCCC)C2(C)C. The van der Waals surface area contributed by atoms with Gasteiger partial charge in [0.25, 0.3) is 0 Å². The van der Waals surface area contributed by atoms with Gasteiger partial charge in [0, 0.05) is 19.7 Å². The van der Waals surface area contributed by atoms with Crippen LogP contribution in [0.2, 0.25) is 0 Å². The van der Waals surface area contributed by atoms with Crippen LogP contribution in [0, 0.1) is 17.3 Å². The van der Waals surface area contributed by atoms with E-state index in [0.29, 0.717) is 30.5 Å². The van der Waals surface area contributed by atoms with Crippen LogP contribution in [0.15, 0.2) is 12.7 Å². The molecule has 0 aromatic rings. The first-order chi connectivity index (χ1) is 9.54. The summed E-state index contributed by atoms with van der Waals surface area (Å²) in [5, 5.41) is 3.03. The van der Waals surface area contributed by atoms with Crippen molar-refractivity contribution in [2.45, 2.75) is 39.7 Å². The Morgan fingerprint density at radius 1 is 1.55 bits per heavy atom. The van der Waals surface area contributed by atoms with Crippen molar-refractivity contribution in [1.29, 1.82) is 0 Å². The Morgan fingerprint density at radius 3 is 2.95 bits per heavy atom. The molecule has 114 valence electrons. The van der Waals surface area contributed by atoms with Crippen molar-refractivity contribution < 1.29 is 9.53 Å². The lowest BCUT2D eigenvalue weighted by molar-refractivity contribution is -0.129. The van der Waals surface area contributed by atoms with Gasteiger partial charge in [0.05, 0.1) is 12.8 Å². The van der Waals surface area contributed by atoms with Crippen LogP contribution >= 0.6 is 0 Å². The van der Waals surface area contributed by atoms with Crippen LogP contribution in [0.3, 0.4) is 0 Å². The predicted octanol–water partition coefficient (Wildman–Crippen LogP) is 2.02. The number of ether oxygens (including phenoxy) is 1. The van der Waals surface area contributed by atoms with Crippen LogP contribution in [0.4, 0.5) is 0 Å². The van der Waals surface area contributed by atoms with Gasteiger partial charge in [-0.15, -0.1) is 6.58 Å². The van der Waals surface area contributed by atoms with Crippen LogP contribution in [-0.2, 0) is 9.53 Å². The van der Waals surface area contributed by atoms with E-state index in [0.717, 1.165) is 26.0 Å². The Bertz CT molecular complexity index is 367. The second kappa shape index (κ2) is 6.27. The largest absolute Gasteiger partial charge is 0.366 e. The second-order valence-electron chi connectivity index (χ2n) is 6.58. The first-order valence-electron chi connectivity index (χ1n) is 7.74. The summed E-state index contributed by atoms with van der Waals surface area (Å²) in [5.41, 5.74) is 0.307. The zero-order chi connectivity index (χ0) is 14.8. The highest BCUT2D eigenvalue weighted by atomic mass is 16.5. The molecule has 0 bridgehead atoms. The minimum atomic E-state index is -0.0170. The van der Waals surface area contributed by atoms with Crippen molar-refractivity contribution in [3.63, 3.8) is 0 Å². The smallest absolute Gasteiger partial charge is 0.237 e. The standard InChI is InChI=1S/C16H28N2O2/c1-5-7-8-17-15(19)14-13-12(16(13,3)4)10-18(14)11-20-9-6-2/h5,12-14H,1,6-11H2,2-4H3,(H,17,19)/t12?,13?,14-/m0/s1. The zero-order valence-electron chi connectivity index (χ0n) is 13.0. The van der Waals surface area contributed by atoms with Gasteiger partial charge in [0.1, 0.15) is 0 Å². The molecule has 1 aliphatic heterocycles. The summed E-state index contributed by atoms with van der Waals surface area (Å²) in [5.74, 6) is 1.28. The lowest BCUT2D eigenvalue weighted by Crippen LogP contribution is -2.48. The Balaban J connectivity index is 1.92. The number of nitrogens with zero attached hydrogens (tertiary/aromatic N) is 1. The summed E-state index contributed by atoms with van der Waals surface area (Å²) >= 11 is 0. The van der Waals surface area contributed by atoms with Gasteiger partial charge < -0.3 is 10.1 Å². The summed E-state index contributed by atoms with van der Waals surface area (Å²) in [6.07, 6.45) is 3.67. The van der Waals surface area contributed by atoms with Crippen LogP contribution in [0.5, 0.6) is 0 Å². The maximum Gasteiger partial charge on any atom is 0.237 e. The van der Waals surface area contributed by atoms with Crippen molar-refractivity contribution in [3.05, 3.63) is 12.7 Å². The number of rotatable bonds is 8. The van der Waals surface area contributed by atoms with E-state index in [1.54, 1.807) is 0 Å². The Kier molecular flexibility index (Phi) is 4.86. The molecular formula is C16H28N2O2. The minimum Gasteiger partial charge on any atom is -0.366 e. The topological polar surface area (TPSA) is 41.6 Å². The first-order valence-corrected chi connectivity index (χ1v) is 7.74. The monoisotopic (exact) mass is 280 g/mol. The lowest BCUT2D eigenvalue weighted by Gasteiger charge is -2.29. The number of carbonyl (C=O) groups excluding carboxylic acids is 1. The Labute approximate surface area is 122 Å². The summed E-state index contributed by atoms with van der Waals surface area (Å²) in [6.45, 7) is 13.3. The molecule has 0 aromatic carbocycles. The molecule has 1 saturated heterocycles. The van der Waals surface area contributed by atoms with Gasteiger partial charge in [-0.05, 0) is 30.1 Å². The zero-order valence-corrected chi connectivity index (χ0v) is 13.0. The first kappa shape index (κ1) is 15.5. The molecule has 0 spiro atoms. The molecule has 20 heavy (non-hydrogen) atoms. The van der Waals surface area contributed by atoms with Crippen molar-refractivity contribution in [1.82, 2.24) is 10.2 Å². The summed E-state index contributed by atoms with van der Waals surface area (Å²) in [4.78, 5) is 14.7. The molecule has 3 atom stereocenters. The number of hydrogen-bond acceptors (Lipinski definition) is 3. The van der Waals surface area contributed by atoms with Crippen LogP contribution < -0.4 is 5.32 Å². The summed E-state index contributed by atoms with van der Waals surface area (Å²) in [6, 6.07) is -0.0170. The van der Waals surface area contributed by atoms with Crippen molar-refractivity contribution in [2.24, 2.45) is 17.3 Å².